The Balaban J connectivity index is -0.00000000533. The molecule has 0 heterocycles. The number of hydrogen-bond acceptors (Lipinski definition) is 1. The van der Waals surface area contributed by atoms with E-state index in [1.54, 1.807) is 0 Å². The fraction of sp³-hybridized carbons (Fsp3) is 1.00. The fourth-order valence-corrected chi connectivity index (χ4v) is 0. The van der Waals surface area contributed by atoms with Gasteiger partial charge in [0.15, 0.2) is 0 Å². The Bertz CT molecular complexity index is 29.6. The van der Waals surface area contributed by atoms with E-state index in [1.807, 2.05) is 0 Å². The smallest absolute Gasteiger partial charge is 0.276 e. The minimum Gasteiger partial charge on any atom is -1.00 e. The molecule has 0 spiro atoms. The van der Waals surface area contributed by atoms with E-state index in [2.05, 4.69) is 12.6 Å². The quantitative estimate of drug-likeness (QED) is 0.243. The molecule has 0 saturated heterocycles. The van der Waals surface area contributed by atoms with E-state index in [-0.39, 0.29) is 44.6 Å². The Morgan fingerprint density at radius 2 is 0.727 bits per heavy atom. The van der Waals surface area contributed by atoms with Gasteiger partial charge in [0.05, 0.1) is 0 Å². The standard InChI is InChI=1S/CHF3S.5FH.Mo/c2-1(3,4)5;;;;;;/h5H;5*1H;/p-6. The zero-order chi connectivity index (χ0) is 4.50. The van der Waals surface area contributed by atoms with Crippen molar-refractivity contribution in [2.24, 2.45) is 0 Å². The van der Waals surface area contributed by atoms with Crippen LogP contribution >= 0.6 is 0 Å². The first kappa shape index (κ1) is 62.8. The van der Waals surface area contributed by atoms with Gasteiger partial charge in [-0.2, -0.15) is 13.2 Å². The summed E-state index contributed by atoms with van der Waals surface area (Å²) in [5.41, 5.74) is -4.42. The Hall–Kier alpha value is 0.478. The molecule has 0 aromatic heterocycles. The Morgan fingerprint density at radius 1 is 0.727 bits per heavy atom. The molecule has 0 amide bonds. The summed E-state index contributed by atoms with van der Waals surface area (Å²) in [6.07, 6.45) is 0. The average molecular weight is 292 g/mol. The van der Waals surface area contributed by atoms with Crippen LogP contribution in [0.15, 0.2) is 0 Å². The fourth-order valence-electron chi connectivity index (χ4n) is 0. The zero-order valence-electron chi connectivity index (χ0n) is 4.34. The molecule has 0 atom stereocenters. The molecule has 0 aliphatic carbocycles. The SMILES string of the molecule is FC(F)(F)[S-].[F-].[F-].[F-].[F-].[F-].[Mo]. The summed E-state index contributed by atoms with van der Waals surface area (Å²) in [6, 6.07) is 0. The minimum absolute atomic E-state index is 0. The predicted molar refractivity (Wildman–Crippen MR) is 13.4 cm³/mol. The Labute approximate surface area is 76.4 Å². The van der Waals surface area contributed by atoms with Crippen LogP contribution in [-0.4, -0.2) is 5.51 Å². The number of rotatable bonds is 0. The van der Waals surface area contributed by atoms with E-state index < -0.39 is 5.51 Å². The minimum atomic E-state index is -4.42. The van der Waals surface area contributed by atoms with Gasteiger partial charge in [0, 0.05) is 21.1 Å². The molecule has 0 saturated carbocycles. The maximum atomic E-state index is 10.2. The first-order valence-corrected chi connectivity index (χ1v) is 1.18. The summed E-state index contributed by atoms with van der Waals surface area (Å²) in [5, 5.41) is 0. The van der Waals surface area contributed by atoms with E-state index in [4.69, 9.17) is 0 Å². The van der Waals surface area contributed by atoms with E-state index in [9.17, 15) is 13.2 Å². The normalized spacial score (nSPS) is 5.45. The number of halogens is 8. The van der Waals surface area contributed by atoms with Gasteiger partial charge in [-0.15, -0.1) is 0 Å². The summed E-state index contributed by atoms with van der Waals surface area (Å²) in [5.74, 6) is 0. The second-order valence-corrected chi connectivity index (χ2v) is 0.909. The van der Waals surface area contributed by atoms with Gasteiger partial charge in [-0.3, -0.25) is 0 Å². The van der Waals surface area contributed by atoms with Crippen LogP contribution in [0.5, 0.6) is 0 Å². The molecule has 0 radical (unpaired) electrons. The van der Waals surface area contributed by atoms with E-state index in [0.717, 1.165) is 0 Å². The van der Waals surface area contributed by atoms with Crippen LogP contribution in [0.2, 0.25) is 0 Å². The Kier molecular flexibility index (Phi) is 128. The summed E-state index contributed by atoms with van der Waals surface area (Å²) in [6.45, 7) is 0. The van der Waals surface area contributed by atoms with Crippen molar-refractivity contribution < 1.29 is 57.8 Å². The van der Waals surface area contributed by atoms with Crippen LogP contribution in [0.3, 0.4) is 0 Å². The van der Waals surface area contributed by atoms with Crippen LogP contribution in [0.25, 0.3) is 0 Å². The van der Waals surface area contributed by atoms with Gasteiger partial charge >= 0.3 is 0 Å². The average Bonchev–Trinajstić information content (AvgIpc) is 0.722. The van der Waals surface area contributed by atoms with Gasteiger partial charge in [-0.05, 0) is 0 Å². The predicted octanol–water partition coefficient (Wildman–Crippen LogP) is -13.9. The van der Waals surface area contributed by atoms with Crippen molar-refractivity contribution in [2.45, 2.75) is 5.51 Å². The van der Waals surface area contributed by atoms with Crippen LogP contribution < -0.4 is 23.5 Å². The molecule has 0 N–H and O–H groups in total. The third kappa shape index (κ3) is 3290. The van der Waals surface area contributed by atoms with Gasteiger partial charge in [0.1, 0.15) is 0 Å². The molecule has 11 heavy (non-hydrogen) atoms. The molecule has 78 valence electrons. The van der Waals surface area contributed by atoms with Crippen molar-refractivity contribution in [2.75, 3.05) is 0 Å². The molecule has 0 nitrogen and oxygen atoms in total. The topological polar surface area (TPSA) is 0 Å². The van der Waals surface area contributed by atoms with Gasteiger partial charge in [0.25, 0.3) is 5.51 Å². The third-order valence-corrected chi connectivity index (χ3v) is 0. The van der Waals surface area contributed by atoms with E-state index in [1.165, 1.54) is 0 Å². The second kappa shape index (κ2) is 22.4. The van der Waals surface area contributed by atoms with Crippen LogP contribution in [-0.2, 0) is 33.7 Å². The summed E-state index contributed by atoms with van der Waals surface area (Å²) in [4.78, 5) is 0. The van der Waals surface area contributed by atoms with Gasteiger partial charge in [-0.25, -0.2) is 0 Å². The van der Waals surface area contributed by atoms with E-state index >= 15 is 0 Å². The molecule has 0 unspecified atom stereocenters. The molecule has 0 aromatic carbocycles. The molecular weight excluding hydrogens is 292 g/mol. The second-order valence-electron chi connectivity index (χ2n) is 0.446. The summed E-state index contributed by atoms with van der Waals surface area (Å²) in [7, 11) is 0. The molecule has 0 bridgehead atoms. The maximum absolute atomic E-state index is 10.2. The number of hydrogen-bond donors (Lipinski definition) is 0. The molecule has 0 fully saturated rings. The summed E-state index contributed by atoms with van der Waals surface area (Å²) < 4.78 is 30.5. The van der Waals surface area contributed by atoms with E-state index in [0.29, 0.717) is 0 Å². The van der Waals surface area contributed by atoms with Crippen molar-refractivity contribution in [3.63, 3.8) is 0 Å². The van der Waals surface area contributed by atoms with Crippen LogP contribution in [0.4, 0.5) is 13.2 Å². The van der Waals surface area contributed by atoms with Crippen LogP contribution in [0, 0.1) is 0 Å². The van der Waals surface area contributed by atoms with Crippen molar-refractivity contribution in [1.82, 2.24) is 0 Å². The maximum Gasteiger partial charge on any atom is 0.276 e. The first-order valence-electron chi connectivity index (χ1n) is 0.771. The van der Waals surface area contributed by atoms with Gasteiger partial charge in [-0.1, -0.05) is 0 Å². The summed E-state index contributed by atoms with van der Waals surface area (Å²) >= 11 is 2.83. The van der Waals surface area contributed by atoms with Gasteiger partial charge in [0.2, 0.25) is 0 Å². The molecule has 0 aliphatic heterocycles. The number of alkyl halides is 3. The Morgan fingerprint density at radius 3 is 0.727 bits per heavy atom. The van der Waals surface area contributed by atoms with Crippen molar-refractivity contribution in [1.29, 1.82) is 0 Å². The van der Waals surface area contributed by atoms with Crippen molar-refractivity contribution in [3.05, 3.63) is 0 Å². The molecule has 10 heteroatoms. The first-order chi connectivity index (χ1) is 2.00. The molecular formula is CF8MoS-6. The largest absolute Gasteiger partial charge is 1.00 e. The van der Waals surface area contributed by atoms with Crippen molar-refractivity contribution in [3.8, 4) is 0 Å². The zero-order valence-corrected chi connectivity index (χ0v) is 7.16. The molecule has 0 aliphatic rings. The van der Waals surface area contributed by atoms with Crippen molar-refractivity contribution >= 4 is 12.6 Å². The van der Waals surface area contributed by atoms with Crippen LogP contribution in [0.1, 0.15) is 0 Å². The molecule has 0 rings (SSSR count). The monoisotopic (exact) mass is 294 g/mol. The molecule has 0 aromatic rings. The third-order valence-electron chi connectivity index (χ3n) is 0. The van der Waals surface area contributed by atoms with Gasteiger partial charge < -0.3 is 36.2 Å².